The second-order valence-electron chi connectivity index (χ2n) is 6.14. The van der Waals surface area contributed by atoms with Crippen LogP contribution in [-0.4, -0.2) is 27.5 Å². The zero-order valence-corrected chi connectivity index (χ0v) is 13.4. The first-order valence-electron chi connectivity index (χ1n) is 7.86. The summed E-state index contributed by atoms with van der Waals surface area (Å²) in [5.74, 6) is 0.494. The topological polar surface area (TPSA) is 79.4 Å². The fourth-order valence-corrected chi connectivity index (χ4v) is 3.25. The molecule has 24 heavy (non-hydrogen) atoms. The molecule has 2 atom stereocenters. The van der Waals surface area contributed by atoms with E-state index < -0.39 is 6.04 Å². The van der Waals surface area contributed by atoms with Crippen LogP contribution >= 0.6 is 0 Å². The van der Waals surface area contributed by atoms with Crippen LogP contribution in [0.15, 0.2) is 30.3 Å². The normalized spacial score (nSPS) is 20.3. The minimum absolute atomic E-state index is 0.0931. The number of para-hydroxylation sites is 2. The molecule has 0 amide bonds. The van der Waals surface area contributed by atoms with Gasteiger partial charge in [0, 0.05) is 6.42 Å². The van der Waals surface area contributed by atoms with E-state index in [9.17, 15) is 10.1 Å². The Bertz CT molecular complexity index is 1020. The Labute approximate surface area is 138 Å². The lowest BCUT2D eigenvalue weighted by Gasteiger charge is -2.15. The van der Waals surface area contributed by atoms with Crippen LogP contribution in [0.25, 0.3) is 16.7 Å². The van der Waals surface area contributed by atoms with Gasteiger partial charge in [0.05, 0.1) is 16.6 Å². The minimum atomic E-state index is -0.392. The molecule has 4 rings (SSSR count). The van der Waals surface area contributed by atoms with Crippen LogP contribution in [0.3, 0.4) is 0 Å². The Hall–Kier alpha value is -3.07. The molecule has 3 heterocycles. The lowest BCUT2D eigenvalue weighted by molar-refractivity contribution is -0.141. The number of nitrogens with one attached hydrogen (secondary N) is 1. The van der Waals surface area contributed by atoms with Gasteiger partial charge in [-0.15, -0.1) is 0 Å². The van der Waals surface area contributed by atoms with Crippen LogP contribution in [-0.2, 0) is 9.53 Å². The molecule has 6 heteroatoms. The van der Waals surface area contributed by atoms with E-state index in [0.29, 0.717) is 17.6 Å². The molecule has 3 aromatic rings. The van der Waals surface area contributed by atoms with Crippen molar-refractivity contribution < 1.29 is 9.53 Å². The Balaban J connectivity index is 1.95. The van der Waals surface area contributed by atoms with Gasteiger partial charge in [-0.3, -0.25) is 4.40 Å². The first kappa shape index (κ1) is 14.5. The number of rotatable bonds is 2. The Morgan fingerprint density at radius 3 is 2.92 bits per heavy atom. The predicted molar refractivity (Wildman–Crippen MR) is 89.7 cm³/mol. The Morgan fingerprint density at radius 1 is 1.42 bits per heavy atom. The number of carbonyl (C=O) groups excluding carboxylic acids is 1. The summed E-state index contributed by atoms with van der Waals surface area (Å²) in [5.41, 5.74) is 3.66. The van der Waals surface area contributed by atoms with Gasteiger partial charge in [0.2, 0.25) is 0 Å². The van der Waals surface area contributed by atoms with E-state index in [2.05, 4.69) is 16.4 Å². The maximum Gasteiger partial charge on any atom is 0.329 e. The van der Waals surface area contributed by atoms with Gasteiger partial charge in [-0.25, -0.2) is 9.78 Å². The SMILES string of the molecule is Cc1cc(N[C@@H]2C[C@@H](C)OC2=O)n2c(nc3ccccc32)c1C#N. The summed E-state index contributed by atoms with van der Waals surface area (Å²) in [4.78, 5) is 16.6. The Morgan fingerprint density at radius 2 is 2.21 bits per heavy atom. The van der Waals surface area contributed by atoms with Crippen molar-refractivity contribution in [2.75, 3.05) is 5.32 Å². The van der Waals surface area contributed by atoms with Crippen molar-refractivity contribution in [3.05, 3.63) is 41.5 Å². The van der Waals surface area contributed by atoms with Gasteiger partial charge in [-0.2, -0.15) is 5.26 Å². The lowest BCUT2D eigenvalue weighted by atomic mass is 10.1. The van der Waals surface area contributed by atoms with Gasteiger partial charge in [0.25, 0.3) is 0 Å². The van der Waals surface area contributed by atoms with Gasteiger partial charge in [0.15, 0.2) is 5.65 Å². The van der Waals surface area contributed by atoms with Crippen molar-refractivity contribution in [2.45, 2.75) is 32.4 Å². The average molecular weight is 320 g/mol. The molecule has 0 radical (unpaired) electrons. The number of pyridine rings is 1. The van der Waals surface area contributed by atoms with Crippen molar-refractivity contribution in [3.8, 4) is 6.07 Å². The largest absolute Gasteiger partial charge is 0.461 e. The minimum Gasteiger partial charge on any atom is -0.461 e. The van der Waals surface area contributed by atoms with Crippen molar-refractivity contribution >= 4 is 28.5 Å². The van der Waals surface area contributed by atoms with Crippen LogP contribution in [0.1, 0.15) is 24.5 Å². The number of ether oxygens (including phenoxy) is 1. The molecule has 0 saturated carbocycles. The standard InChI is InChI=1S/C18H16N4O2/c1-10-7-16(20-14-8-11(2)24-18(14)23)22-15-6-4-3-5-13(15)21-17(22)12(10)9-19/h3-7,11,14,20H,8H2,1-2H3/t11-,14-/m1/s1. The molecule has 2 aromatic heterocycles. The van der Waals surface area contributed by atoms with Crippen LogP contribution in [0.5, 0.6) is 0 Å². The zero-order valence-electron chi connectivity index (χ0n) is 13.4. The fourth-order valence-electron chi connectivity index (χ4n) is 3.25. The number of imidazole rings is 1. The second-order valence-corrected chi connectivity index (χ2v) is 6.14. The number of esters is 1. The third-order valence-electron chi connectivity index (χ3n) is 4.38. The number of benzene rings is 1. The van der Waals surface area contributed by atoms with Gasteiger partial charge >= 0.3 is 5.97 Å². The first-order chi connectivity index (χ1) is 11.6. The van der Waals surface area contributed by atoms with Crippen LogP contribution in [0.4, 0.5) is 5.82 Å². The number of fused-ring (bicyclic) bond motifs is 3. The highest BCUT2D eigenvalue weighted by molar-refractivity contribution is 5.86. The molecular weight excluding hydrogens is 304 g/mol. The van der Waals surface area contributed by atoms with Crippen LogP contribution in [0.2, 0.25) is 0 Å². The van der Waals surface area contributed by atoms with Crippen LogP contribution < -0.4 is 5.32 Å². The van der Waals surface area contributed by atoms with Crippen molar-refractivity contribution in [1.29, 1.82) is 5.26 Å². The summed E-state index contributed by atoms with van der Waals surface area (Å²) in [5, 5.41) is 12.8. The number of cyclic esters (lactones) is 1. The molecule has 6 nitrogen and oxygen atoms in total. The van der Waals surface area contributed by atoms with E-state index in [1.54, 1.807) is 0 Å². The smallest absolute Gasteiger partial charge is 0.329 e. The highest BCUT2D eigenvalue weighted by Crippen LogP contribution is 2.28. The number of nitrogens with zero attached hydrogens (tertiary/aromatic N) is 3. The molecule has 0 aliphatic carbocycles. The summed E-state index contributed by atoms with van der Waals surface area (Å²) < 4.78 is 7.12. The van der Waals surface area contributed by atoms with Crippen molar-refractivity contribution in [3.63, 3.8) is 0 Å². The maximum atomic E-state index is 12.0. The van der Waals surface area contributed by atoms with Gasteiger partial charge in [0.1, 0.15) is 24.0 Å². The quantitative estimate of drug-likeness (QED) is 0.735. The zero-order chi connectivity index (χ0) is 16.8. The van der Waals surface area contributed by atoms with Crippen LogP contribution in [0, 0.1) is 18.3 Å². The maximum absolute atomic E-state index is 12.0. The van der Waals surface area contributed by atoms with E-state index in [-0.39, 0.29) is 12.1 Å². The molecule has 1 fully saturated rings. The molecule has 1 aliphatic heterocycles. The molecule has 120 valence electrons. The number of hydrogen-bond donors (Lipinski definition) is 1. The summed E-state index contributed by atoms with van der Waals surface area (Å²) >= 11 is 0. The first-order valence-corrected chi connectivity index (χ1v) is 7.86. The molecule has 1 aliphatic rings. The summed E-state index contributed by atoms with van der Waals surface area (Å²) in [6, 6.07) is 11.4. The number of aromatic nitrogens is 2. The number of nitriles is 1. The highest BCUT2D eigenvalue weighted by Gasteiger charge is 2.32. The summed E-state index contributed by atoms with van der Waals surface area (Å²) in [6.45, 7) is 3.75. The monoisotopic (exact) mass is 320 g/mol. The Kier molecular flexibility index (Phi) is 3.17. The summed E-state index contributed by atoms with van der Waals surface area (Å²) in [7, 11) is 0. The van der Waals surface area contributed by atoms with E-state index in [4.69, 9.17) is 4.74 Å². The summed E-state index contributed by atoms with van der Waals surface area (Å²) in [6.07, 6.45) is 0.524. The molecule has 0 bridgehead atoms. The van der Waals surface area contributed by atoms with E-state index in [0.717, 1.165) is 22.4 Å². The van der Waals surface area contributed by atoms with Gasteiger partial charge in [-0.05, 0) is 37.6 Å². The van der Waals surface area contributed by atoms with Gasteiger partial charge in [-0.1, -0.05) is 12.1 Å². The molecule has 0 unspecified atom stereocenters. The van der Waals surface area contributed by atoms with E-state index in [1.165, 1.54) is 0 Å². The van der Waals surface area contributed by atoms with E-state index in [1.807, 2.05) is 48.6 Å². The number of carbonyl (C=O) groups is 1. The molecule has 1 N–H and O–H groups in total. The number of hydrogen-bond acceptors (Lipinski definition) is 5. The molecule has 1 saturated heterocycles. The van der Waals surface area contributed by atoms with Gasteiger partial charge < -0.3 is 10.1 Å². The average Bonchev–Trinajstić information content (AvgIpc) is 3.07. The highest BCUT2D eigenvalue weighted by atomic mass is 16.6. The molecule has 0 spiro atoms. The predicted octanol–water partition coefficient (Wildman–Crippen LogP) is 2.78. The lowest BCUT2D eigenvalue weighted by Crippen LogP contribution is -2.25. The van der Waals surface area contributed by atoms with Crippen molar-refractivity contribution in [2.24, 2.45) is 0 Å². The number of aryl methyl sites for hydroxylation is 1. The second kappa shape index (κ2) is 5.24. The molecular formula is C18H16N4O2. The fraction of sp³-hybridized carbons (Fsp3) is 0.278. The molecule has 1 aromatic carbocycles. The van der Waals surface area contributed by atoms with E-state index >= 15 is 0 Å². The third-order valence-corrected chi connectivity index (χ3v) is 4.38. The van der Waals surface area contributed by atoms with Crippen molar-refractivity contribution in [1.82, 2.24) is 9.38 Å². The number of anilines is 1. The third kappa shape index (κ3) is 2.09.